The van der Waals surface area contributed by atoms with Gasteiger partial charge in [0, 0.05) is 11.1 Å². The fraction of sp³-hybridized carbons (Fsp3) is 0.667. The van der Waals surface area contributed by atoms with Crippen LogP contribution in [-0.4, -0.2) is 6.08 Å². The molecule has 1 unspecified atom stereocenters. The number of allylic oxidation sites excluding steroid dienone is 4. The number of hydrogen-bond acceptors (Lipinski definition) is 2. The maximum atomic E-state index is 10.2. The largest absolute Gasteiger partial charge is 0.240 e. The lowest BCUT2D eigenvalue weighted by Crippen LogP contribution is -2.24. The average Bonchev–Trinajstić information content (AvgIpc) is 2.13. The molecule has 2 atom stereocenters. The molecule has 2 heteroatoms. The van der Waals surface area contributed by atoms with Crippen LogP contribution in [0.2, 0.25) is 0 Å². The first-order valence-electron chi connectivity index (χ1n) is 6.32. The Morgan fingerprint density at radius 2 is 1.94 bits per heavy atom. The summed E-state index contributed by atoms with van der Waals surface area (Å²) < 4.78 is 0. The van der Waals surface area contributed by atoms with Crippen LogP contribution in [0.3, 0.4) is 0 Å². The summed E-state index contributed by atoms with van der Waals surface area (Å²) >= 11 is 0. The van der Waals surface area contributed by atoms with Crippen LogP contribution in [-0.2, 0) is 4.79 Å². The molecule has 0 saturated heterocycles. The van der Waals surface area contributed by atoms with Gasteiger partial charge in [-0.2, -0.15) is 4.99 Å². The molecule has 0 aliphatic heterocycles. The normalized spacial score (nSPS) is 26.2. The van der Waals surface area contributed by atoms with Crippen molar-refractivity contribution in [3.05, 3.63) is 23.4 Å². The van der Waals surface area contributed by atoms with Crippen molar-refractivity contribution >= 4 is 6.08 Å². The topological polar surface area (TPSA) is 29.4 Å². The molecule has 1 rings (SSSR count). The first-order valence-corrected chi connectivity index (χ1v) is 6.32. The third-order valence-corrected chi connectivity index (χ3v) is 3.61. The molecule has 0 amide bonds. The third-order valence-electron chi connectivity index (χ3n) is 3.61. The zero-order valence-corrected chi connectivity index (χ0v) is 11.6. The first kappa shape index (κ1) is 13.9. The summed E-state index contributed by atoms with van der Waals surface area (Å²) in [6.07, 6.45) is 8.56. The van der Waals surface area contributed by atoms with Crippen LogP contribution in [0.1, 0.15) is 47.5 Å². The molecule has 1 aliphatic carbocycles. The van der Waals surface area contributed by atoms with Gasteiger partial charge in [0.25, 0.3) is 0 Å². The smallest absolute Gasteiger partial charge is 0.211 e. The van der Waals surface area contributed by atoms with Crippen molar-refractivity contribution in [2.24, 2.45) is 22.2 Å². The van der Waals surface area contributed by atoms with Gasteiger partial charge in [-0.15, -0.1) is 0 Å². The number of rotatable bonds is 4. The number of isocyanates is 1. The van der Waals surface area contributed by atoms with Gasteiger partial charge in [-0.05, 0) is 38.5 Å². The van der Waals surface area contributed by atoms with E-state index in [9.17, 15) is 4.79 Å². The van der Waals surface area contributed by atoms with Gasteiger partial charge < -0.3 is 0 Å². The fourth-order valence-electron chi connectivity index (χ4n) is 2.72. The molecule has 0 N–H and O–H groups in total. The van der Waals surface area contributed by atoms with Crippen molar-refractivity contribution < 1.29 is 4.79 Å². The van der Waals surface area contributed by atoms with Gasteiger partial charge in [0.15, 0.2) is 0 Å². The Bertz CT molecular complexity index is 384. The van der Waals surface area contributed by atoms with Crippen LogP contribution in [0, 0.1) is 17.3 Å². The Labute approximate surface area is 105 Å². The van der Waals surface area contributed by atoms with Crippen LogP contribution in [0.5, 0.6) is 0 Å². The second-order valence-corrected chi connectivity index (χ2v) is 5.86. The van der Waals surface area contributed by atoms with Crippen LogP contribution < -0.4 is 0 Å². The van der Waals surface area contributed by atoms with Gasteiger partial charge in [-0.25, -0.2) is 4.79 Å². The molecule has 0 heterocycles. The molecule has 0 radical (unpaired) electrons. The van der Waals surface area contributed by atoms with Crippen molar-refractivity contribution in [2.45, 2.75) is 47.5 Å². The van der Waals surface area contributed by atoms with Gasteiger partial charge in [0.1, 0.15) is 0 Å². The van der Waals surface area contributed by atoms with E-state index in [4.69, 9.17) is 0 Å². The SMILES string of the molecule is C/C(=C/C(C)(C)/C=C(\C)N=C=O)[C@H]1CCC1C. The molecule has 0 aromatic carbocycles. The van der Waals surface area contributed by atoms with Gasteiger partial charge in [-0.1, -0.05) is 38.5 Å². The minimum Gasteiger partial charge on any atom is -0.211 e. The van der Waals surface area contributed by atoms with Crippen molar-refractivity contribution in [2.75, 3.05) is 0 Å². The van der Waals surface area contributed by atoms with Gasteiger partial charge in [0.05, 0.1) is 0 Å². The van der Waals surface area contributed by atoms with E-state index < -0.39 is 0 Å². The van der Waals surface area contributed by atoms with Crippen molar-refractivity contribution in [1.29, 1.82) is 0 Å². The molecule has 0 aromatic heterocycles. The highest BCUT2D eigenvalue weighted by Crippen LogP contribution is 2.40. The number of nitrogens with zero attached hydrogens (tertiary/aromatic N) is 1. The van der Waals surface area contributed by atoms with Crippen LogP contribution in [0.25, 0.3) is 0 Å². The number of carbonyl (C=O) groups excluding carboxylic acids is 1. The van der Waals surface area contributed by atoms with E-state index in [1.165, 1.54) is 18.4 Å². The molecule has 1 aliphatic rings. The van der Waals surface area contributed by atoms with Crippen molar-refractivity contribution in [3.8, 4) is 0 Å². The molecular formula is C15H23NO. The summed E-state index contributed by atoms with van der Waals surface area (Å²) in [5, 5.41) is 0. The summed E-state index contributed by atoms with van der Waals surface area (Å²) in [7, 11) is 0. The van der Waals surface area contributed by atoms with Crippen LogP contribution >= 0.6 is 0 Å². The number of hydrogen-bond donors (Lipinski definition) is 0. The van der Waals surface area contributed by atoms with E-state index in [0.717, 1.165) is 17.5 Å². The van der Waals surface area contributed by atoms with E-state index in [1.54, 1.807) is 6.08 Å². The predicted molar refractivity (Wildman–Crippen MR) is 71.3 cm³/mol. The fourth-order valence-corrected chi connectivity index (χ4v) is 2.72. The highest BCUT2D eigenvalue weighted by molar-refractivity contribution is 5.37. The van der Waals surface area contributed by atoms with Crippen LogP contribution in [0.4, 0.5) is 0 Å². The van der Waals surface area contributed by atoms with Gasteiger partial charge in [-0.3, -0.25) is 0 Å². The summed E-state index contributed by atoms with van der Waals surface area (Å²) in [5.74, 6) is 1.57. The maximum Gasteiger partial charge on any atom is 0.240 e. The molecule has 2 nitrogen and oxygen atoms in total. The second-order valence-electron chi connectivity index (χ2n) is 5.86. The molecule has 94 valence electrons. The summed E-state index contributed by atoms with van der Waals surface area (Å²) in [5.41, 5.74) is 2.15. The summed E-state index contributed by atoms with van der Waals surface area (Å²) in [6.45, 7) is 10.7. The standard InChI is InChI=1S/C15H23NO/c1-11-6-7-14(11)12(2)8-15(4,5)9-13(3)16-10-17/h8-9,11,14H,6-7H2,1-5H3/b12-8-,13-9+/t11?,14-/m0/s1. The average molecular weight is 233 g/mol. The quantitative estimate of drug-likeness (QED) is 0.405. The minimum absolute atomic E-state index is 0.0518. The molecule has 1 saturated carbocycles. The van der Waals surface area contributed by atoms with Crippen LogP contribution in [0.15, 0.2) is 28.4 Å². The minimum atomic E-state index is -0.0518. The Hall–Kier alpha value is -1.14. The van der Waals surface area contributed by atoms with Gasteiger partial charge in [0.2, 0.25) is 6.08 Å². The zero-order valence-electron chi connectivity index (χ0n) is 11.6. The second kappa shape index (κ2) is 5.46. The molecule has 0 spiro atoms. The van der Waals surface area contributed by atoms with E-state index in [-0.39, 0.29) is 5.41 Å². The summed E-state index contributed by atoms with van der Waals surface area (Å²) in [4.78, 5) is 13.8. The Balaban J connectivity index is 2.80. The summed E-state index contributed by atoms with van der Waals surface area (Å²) in [6, 6.07) is 0. The number of aliphatic imine (C=N–C) groups is 1. The molecule has 0 aromatic rings. The molecule has 17 heavy (non-hydrogen) atoms. The first-order chi connectivity index (χ1) is 7.85. The monoisotopic (exact) mass is 233 g/mol. The Kier molecular flexibility index (Phi) is 4.47. The van der Waals surface area contributed by atoms with E-state index >= 15 is 0 Å². The predicted octanol–water partition coefficient (Wildman–Crippen LogP) is 4.24. The molecule has 0 bridgehead atoms. The highest BCUT2D eigenvalue weighted by Gasteiger charge is 2.28. The van der Waals surface area contributed by atoms with E-state index in [0.29, 0.717) is 0 Å². The highest BCUT2D eigenvalue weighted by atomic mass is 16.1. The lowest BCUT2D eigenvalue weighted by Gasteiger charge is -2.36. The lowest BCUT2D eigenvalue weighted by atomic mass is 9.70. The lowest BCUT2D eigenvalue weighted by molar-refractivity contribution is 0.235. The Morgan fingerprint density at radius 1 is 1.29 bits per heavy atom. The Morgan fingerprint density at radius 3 is 2.35 bits per heavy atom. The maximum absolute atomic E-state index is 10.2. The van der Waals surface area contributed by atoms with E-state index in [2.05, 4.69) is 38.8 Å². The third kappa shape index (κ3) is 3.98. The van der Waals surface area contributed by atoms with Crippen molar-refractivity contribution in [1.82, 2.24) is 0 Å². The molecular weight excluding hydrogens is 210 g/mol. The molecule has 1 fully saturated rings. The zero-order chi connectivity index (χ0) is 13.1. The van der Waals surface area contributed by atoms with Crippen molar-refractivity contribution in [3.63, 3.8) is 0 Å². The van der Waals surface area contributed by atoms with Gasteiger partial charge >= 0.3 is 0 Å². The van der Waals surface area contributed by atoms with E-state index in [1.807, 2.05) is 13.0 Å².